The highest BCUT2D eigenvalue weighted by Gasteiger charge is 2.12. The van der Waals surface area contributed by atoms with Crippen molar-refractivity contribution in [3.63, 3.8) is 0 Å². The molecule has 1 aromatic carbocycles. The van der Waals surface area contributed by atoms with Gasteiger partial charge in [-0.3, -0.25) is 9.59 Å². The minimum absolute atomic E-state index is 0.0369. The van der Waals surface area contributed by atoms with Gasteiger partial charge in [-0.2, -0.15) is 5.26 Å². The molecule has 0 unspecified atom stereocenters. The second-order valence-corrected chi connectivity index (χ2v) is 4.02. The van der Waals surface area contributed by atoms with Gasteiger partial charge in [0.1, 0.15) is 32.2 Å². The number of rotatable bonds is 5. The van der Waals surface area contributed by atoms with Crippen LogP contribution in [0.25, 0.3) is 0 Å². The number of carboxylic acid groups (broad SMARTS) is 1. The Kier molecular flexibility index (Phi) is 8.46. The van der Waals surface area contributed by atoms with E-state index < -0.39 is 26.0 Å². The number of hydrogen-bond acceptors (Lipinski definition) is 3. The van der Waals surface area contributed by atoms with Crippen LogP contribution >= 0.6 is 0 Å². The molecule has 0 aromatic heterocycles. The lowest BCUT2D eigenvalue weighted by molar-refractivity contribution is -0.139. The molecule has 0 spiro atoms. The molecule has 1 aromatic rings. The van der Waals surface area contributed by atoms with E-state index in [9.17, 15) is 22.8 Å². The maximum absolute atomic E-state index is 12.5. The van der Waals surface area contributed by atoms with Crippen LogP contribution in [0.3, 0.4) is 0 Å². The monoisotopic (exact) mass is 301 g/mol. The van der Waals surface area contributed by atoms with E-state index in [0.29, 0.717) is 0 Å². The number of carbonyl (C=O) groups excluding carboxylic acids is 1. The summed E-state index contributed by atoms with van der Waals surface area (Å²) in [6.07, 6.45) is -0.361. The topological polar surface area (TPSA) is 78.2 Å². The third kappa shape index (κ3) is 6.08. The molecule has 0 saturated carbocycles. The summed E-state index contributed by atoms with van der Waals surface area (Å²) in [4.78, 5) is 19.5. The standard InChI is InChI=1S/C10H8F3N.C4H6O3/c11-3-7-1-2-8(4-12)10(6-14)9(7)5-13;1-3(5)2-4(6)7/h1-2H,3-5H2;2H2,1H3,(H,6,7). The van der Waals surface area contributed by atoms with Crippen molar-refractivity contribution in [2.75, 3.05) is 0 Å². The van der Waals surface area contributed by atoms with E-state index in [1.807, 2.05) is 0 Å². The molecule has 0 atom stereocenters. The number of nitrogens with zero attached hydrogens (tertiary/aromatic N) is 1. The Morgan fingerprint density at radius 1 is 1.14 bits per heavy atom. The van der Waals surface area contributed by atoms with Crippen LogP contribution in [0.5, 0.6) is 0 Å². The number of alkyl halides is 3. The van der Waals surface area contributed by atoms with E-state index >= 15 is 0 Å². The van der Waals surface area contributed by atoms with Crippen LogP contribution in [0, 0.1) is 11.3 Å². The number of carboxylic acids is 1. The summed E-state index contributed by atoms with van der Waals surface area (Å²) in [5, 5.41) is 16.5. The lowest BCUT2D eigenvalue weighted by atomic mass is 9.98. The summed E-state index contributed by atoms with van der Waals surface area (Å²) >= 11 is 0. The van der Waals surface area contributed by atoms with Crippen LogP contribution in [0.2, 0.25) is 0 Å². The van der Waals surface area contributed by atoms with Crippen LogP contribution < -0.4 is 0 Å². The maximum atomic E-state index is 12.5. The summed E-state index contributed by atoms with van der Waals surface area (Å²) in [6, 6.07) is 4.32. The number of aliphatic carboxylic acids is 1. The zero-order chi connectivity index (χ0) is 16.4. The third-order valence-electron chi connectivity index (χ3n) is 2.43. The zero-order valence-electron chi connectivity index (χ0n) is 11.3. The molecule has 0 fully saturated rings. The fraction of sp³-hybridized carbons (Fsp3) is 0.357. The van der Waals surface area contributed by atoms with Crippen molar-refractivity contribution in [1.82, 2.24) is 0 Å². The predicted octanol–water partition coefficient (Wildman–Crippen LogP) is 3.02. The minimum Gasteiger partial charge on any atom is -0.481 e. The van der Waals surface area contributed by atoms with Gasteiger partial charge in [-0.05, 0) is 12.5 Å². The van der Waals surface area contributed by atoms with Gasteiger partial charge in [-0.15, -0.1) is 0 Å². The molecule has 1 N–H and O–H groups in total. The molecule has 1 rings (SSSR count). The molecule has 0 saturated heterocycles. The molecule has 0 heterocycles. The summed E-state index contributed by atoms with van der Waals surface area (Å²) < 4.78 is 37.2. The van der Waals surface area contributed by atoms with Crippen LogP contribution in [0.1, 0.15) is 35.6 Å². The number of nitriles is 1. The van der Waals surface area contributed by atoms with Crippen molar-refractivity contribution >= 4 is 11.8 Å². The Morgan fingerprint density at radius 2 is 1.67 bits per heavy atom. The van der Waals surface area contributed by atoms with Gasteiger partial charge in [0.25, 0.3) is 0 Å². The second kappa shape index (κ2) is 9.53. The molecule has 114 valence electrons. The van der Waals surface area contributed by atoms with Crippen molar-refractivity contribution in [3.05, 3.63) is 34.4 Å². The van der Waals surface area contributed by atoms with Gasteiger partial charge in [0, 0.05) is 11.1 Å². The van der Waals surface area contributed by atoms with Gasteiger partial charge in [0.15, 0.2) is 0 Å². The van der Waals surface area contributed by atoms with E-state index in [2.05, 4.69) is 0 Å². The third-order valence-corrected chi connectivity index (χ3v) is 2.43. The molecule has 0 amide bonds. The number of carbonyl (C=O) groups is 2. The van der Waals surface area contributed by atoms with E-state index in [1.54, 1.807) is 6.07 Å². The predicted molar refractivity (Wildman–Crippen MR) is 68.5 cm³/mol. The number of hydrogen-bond donors (Lipinski definition) is 1. The maximum Gasteiger partial charge on any atom is 0.310 e. The number of Topliss-reactive ketones (excluding diaryl/α,β-unsaturated/α-hetero) is 1. The van der Waals surface area contributed by atoms with Crippen molar-refractivity contribution in [3.8, 4) is 6.07 Å². The fourth-order valence-corrected chi connectivity index (χ4v) is 1.48. The minimum atomic E-state index is -1.06. The average molecular weight is 301 g/mol. The molecule has 0 aliphatic heterocycles. The van der Waals surface area contributed by atoms with Crippen LogP contribution in [0.15, 0.2) is 12.1 Å². The molecule has 7 heteroatoms. The summed E-state index contributed by atoms with van der Waals surface area (Å²) in [7, 11) is 0. The Labute approximate surface area is 119 Å². The van der Waals surface area contributed by atoms with E-state index in [0.717, 1.165) is 0 Å². The molecular weight excluding hydrogens is 287 g/mol. The van der Waals surface area contributed by atoms with Gasteiger partial charge >= 0.3 is 5.97 Å². The van der Waals surface area contributed by atoms with E-state index in [-0.39, 0.29) is 34.5 Å². The van der Waals surface area contributed by atoms with Gasteiger partial charge in [-0.25, -0.2) is 13.2 Å². The molecular formula is C14H14F3NO3. The molecule has 0 aliphatic carbocycles. The molecule has 0 radical (unpaired) electrons. The smallest absolute Gasteiger partial charge is 0.310 e. The Hall–Kier alpha value is -2.36. The van der Waals surface area contributed by atoms with E-state index in [1.165, 1.54) is 19.1 Å². The van der Waals surface area contributed by atoms with Crippen LogP contribution in [0.4, 0.5) is 13.2 Å². The van der Waals surface area contributed by atoms with Crippen molar-refractivity contribution in [2.24, 2.45) is 0 Å². The van der Waals surface area contributed by atoms with E-state index in [4.69, 9.17) is 10.4 Å². The summed E-state index contributed by atoms with van der Waals surface area (Å²) in [5.41, 5.74) is 0.105. The van der Waals surface area contributed by atoms with Gasteiger partial charge in [0.2, 0.25) is 0 Å². The van der Waals surface area contributed by atoms with Crippen molar-refractivity contribution in [1.29, 1.82) is 5.26 Å². The van der Waals surface area contributed by atoms with Gasteiger partial charge in [-0.1, -0.05) is 12.1 Å². The normalized spacial score (nSPS) is 9.29. The lowest BCUT2D eigenvalue weighted by Gasteiger charge is -2.07. The van der Waals surface area contributed by atoms with Gasteiger partial charge < -0.3 is 5.11 Å². The fourth-order valence-electron chi connectivity index (χ4n) is 1.48. The Bertz CT molecular complexity index is 541. The highest BCUT2D eigenvalue weighted by molar-refractivity contribution is 5.93. The Morgan fingerprint density at radius 3 is 1.95 bits per heavy atom. The summed E-state index contributed by atoms with van der Waals surface area (Å²) in [6.45, 7) is -1.40. The molecule has 0 aliphatic rings. The molecule has 21 heavy (non-hydrogen) atoms. The van der Waals surface area contributed by atoms with Crippen molar-refractivity contribution in [2.45, 2.75) is 33.4 Å². The quantitative estimate of drug-likeness (QED) is 0.848. The first-order valence-electron chi connectivity index (χ1n) is 5.84. The summed E-state index contributed by atoms with van der Waals surface area (Å²) in [5.74, 6) is -1.37. The zero-order valence-corrected chi connectivity index (χ0v) is 11.3. The first kappa shape index (κ1) is 18.6. The highest BCUT2D eigenvalue weighted by atomic mass is 19.1. The first-order chi connectivity index (χ1) is 9.90. The Balaban J connectivity index is 0.000000486. The number of ketones is 1. The lowest BCUT2D eigenvalue weighted by Crippen LogP contribution is -2.00. The van der Waals surface area contributed by atoms with Crippen LogP contribution in [-0.4, -0.2) is 16.9 Å². The largest absolute Gasteiger partial charge is 0.481 e. The van der Waals surface area contributed by atoms with Crippen molar-refractivity contribution < 1.29 is 27.9 Å². The van der Waals surface area contributed by atoms with Crippen LogP contribution in [-0.2, 0) is 29.6 Å². The number of benzene rings is 1. The highest BCUT2D eigenvalue weighted by Crippen LogP contribution is 2.21. The van der Waals surface area contributed by atoms with Gasteiger partial charge in [0.05, 0.1) is 11.6 Å². The number of halogens is 3. The molecule has 4 nitrogen and oxygen atoms in total. The SMILES string of the molecule is CC(=O)CC(=O)O.N#Cc1c(CF)ccc(CF)c1CF. The second-order valence-electron chi connectivity index (χ2n) is 4.02. The molecule has 0 bridgehead atoms. The average Bonchev–Trinajstić information content (AvgIpc) is 2.44. The first-order valence-corrected chi connectivity index (χ1v) is 5.84.